The number of ether oxygens (including phenoxy) is 4. The van der Waals surface area contributed by atoms with E-state index in [1.807, 2.05) is 30.3 Å². The van der Waals surface area contributed by atoms with Gasteiger partial charge < -0.3 is 24.2 Å². The molecular weight excluding hydrogens is 360 g/mol. The maximum absolute atomic E-state index is 9.74. The lowest BCUT2D eigenvalue weighted by molar-refractivity contribution is 0.170. The molecule has 0 radical (unpaired) electrons. The predicted molar refractivity (Wildman–Crippen MR) is 104 cm³/mol. The van der Waals surface area contributed by atoms with E-state index in [0.29, 0.717) is 23.6 Å². The number of methoxy groups -OCH3 is 2. The molecule has 1 unspecified atom stereocenters. The van der Waals surface area contributed by atoms with Crippen LogP contribution in [0.5, 0.6) is 23.0 Å². The Morgan fingerprint density at radius 2 is 2.11 bits per heavy atom. The number of likely N-dealkylation sites (N-methyl/N-ethyl adjacent to an activating group) is 1. The van der Waals surface area contributed by atoms with E-state index in [-0.39, 0.29) is 12.8 Å². The van der Waals surface area contributed by atoms with Gasteiger partial charge in [-0.05, 0) is 37.2 Å². The van der Waals surface area contributed by atoms with Crippen LogP contribution in [0.3, 0.4) is 0 Å². The first-order valence-electron chi connectivity index (χ1n) is 9.21. The van der Waals surface area contributed by atoms with Crippen LogP contribution >= 0.6 is 0 Å². The summed E-state index contributed by atoms with van der Waals surface area (Å²) in [5.41, 5.74) is 3.64. The summed E-state index contributed by atoms with van der Waals surface area (Å²) in [6, 6.07) is 9.56. The fourth-order valence-electron chi connectivity index (χ4n) is 3.99. The van der Waals surface area contributed by atoms with Gasteiger partial charge in [0, 0.05) is 30.1 Å². The zero-order valence-corrected chi connectivity index (χ0v) is 16.3. The van der Waals surface area contributed by atoms with Gasteiger partial charge in [-0.3, -0.25) is 4.90 Å². The van der Waals surface area contributed by atoms with Crippen molar-refractivity contribution >= 4 is 5.71 Å². The molecule has 4 rings (SSSR count). The lowest BCUT2D eigenvalue weighted by atomic mass is 9.87. The Morgan fingerprint density at radius 1 is 1.25 bits per heavy atom. The molecule has 1 atom stereocenters. The summed E-state index contributed by atoms with van der Waals surface area (Å²) in [7, 11) is 5.33. The molecule has 0 saturated carbocycles. The number of fused-ring (bicyclic) bond motifs is 2. The average molecular weight is 384 g/mol. The standard InChI is InChI=1S/C21H24N2O5/c1-23-8-7-14-10-18-20(28-12-27-18)21(26-3)19(14)17(23)11-16(22-24)13-5-4-6-15(9-13)25-2/h4-6,9-10,17,24H,7-8,11-12H2,1-3H3. The Morgan fingerprint density at radius 3 is 2.86 bits per heavy atom. The molecule has 0 aliphatic carbocycles. The SMILES string of the molecule is COc1cccc(C(CC2c3c(cc4c(c3OC)OCO4)CCN2C)=NO)c1. The molecule has 0 amide bonds. The quantitative estimate of drug-likeness (QED) is 0.485. The summed E-state index contributed by atoms with van der Waals surface area (Å²) in [5.74, 6) is 2.79. The summed E-state index contributed by atoms with van der Waals surface area (Å²) >= 11 is 0. The summed E-state index contributed by atoms with van der Waals surface area (Å²) in [4.78, 5) is 2.25. The van der Waals surface area contributed by atoms with E-state index < -0.39 is 0 Å². The Labute approximate surface area is 164 Å². The van der Waals surface area contributed by atoms with E-state index in [9.17, 15) is 5.21 Å². The summed E-state index contributed by atoms with van der Waals surface area (Å²) in [6.45, 7) is 1.08. The zero-order chi connectivity index (χ0) is 19.7. The van der Waals surface area contributed by atoms with E-state index in [4.69, 9.17) is 18.9 Å². The molecule has 0 spiro atoms. The van der Waals surface area contributed by atoms with Gasteiger partial charge in [-0.1, -0.05) is 17.3 Å². The number of benzene rings is 2. The monoisotopic (exact) mass is 384 g/mol. The van der Waals surface area contributed by atoms with Crippen molar-refractivity contribution in [2.45, 2.75) is 18.9 Å². The normalized spacial score (nSPS) is 18.7. The maximum atomic E-state index is 9.74. The van der Waals surface area contributed by atoms with E-state index in [1.54, 1.807) is 14.2 Å². The molecule has 0 bridgehead atoms. The number of hydrogen-bond acceptors (Lipinski definition) is 7. The first-order chi connectivity index (χ1) is 13.7. The first kappa shape index (κ1) is 18.4. The van der Waals surface area contributed by atoms with Crippen LogP contribution in [0.1, 0.15) is 29.2 Å². The van der Waals surface area contributed by atoms with Crippen LogP contribution < -0.4 is 18.9 Å². The minimum atomic E-state index is -0.0229. The van der Waals surface area contributed by atoms with Crippen molar-refractivity contribution in [3.05, 3.63) is 47.0 Å². The van der Waals surface area contributed by atoms with Crippen LogP contribution in [0.2, 0.25) is 0 Å². The third-order valence-electron chi connectivity index (χ3n) is 5.46. The minimum absolute atomic E-state index is 0.0229. The topological polar surface area (TPSA) is 72.8 Å². The van der Waals surface area contributed by atoms with Crippen LogP contribution in [-0.2, 0) is 6.42 Å². The molecule has 2 aliphatic heterocycles. The maximum Gasteiger partial charge on any atom is 0.231 e. The van der Waals surface area contributed by atoms with Crippen molar-refractivity contribution in [1.82, 2.24) is 4.90 Å². The highest BCUT2D eigenvalue weighted by atomic mass is 16.7. The number of oxime groups is 1. The predicted octanol–water partition coefficient (Wildman–Crippen LogP) is 3.23. The van der Waals surface area contributed by atoms with Gasteiger partial charge in [0.25, 0.3) is 0 Å². The van der Waals surface area contributed by atoms with Crippen molar-refractivity contribution in [2.24, 2.45) is 5.16 Å². The van der Waals surface area contributed by atoms with Gasteiger partial charge in [-0.2, -0.15) is 0 Å². The van der Waals surface area contributed by atoms with Gasteiger partial charge in [0.15, 0.2) is 11.5 Å². The van der Waals surface area contributed by atoms with E-state index >= 15 is 0 Å². The first-order valence-corrected chi connectivity index (χ1v) is 9.21. The summed E-state index contributed by atoms with van der Waals surface area (Å²) < 4.78 is 22.3. The smallest absolute Gasteiger partial charge is 0.231 e. The van der Waals surface area contributed by atoms with E-state index in [1.165, 1.54) is 5.56 Å². The van der Waals surface area contributed by atoms with Crippen molar-refractivity contribution in [2.75, 3.05) is 34.6 Å². The van der Waals surface area contributed by atoms with Gasteiger partial charge in [0.1, 0.15) is 5.75 Å². The molecule has 1 N–H and O–H groups in total. The van der Waals surface area contributed by atoms with Gasteiger partial charge in [-0.15, -0.1) is 0 Å². The molecule has 2 heterocycles. The molecule has 7 nitrogen and oxygen atoms in total. The molecular formula is C21H24N2O5. The Balaban J connectivity index is 1.74. The van der Waals surface area contributed by atoms with Gasteiger partial charge >= 0.3 is 0 Å². The molecule has 7 heteroatoms. The number of nitrogens with zero attached hydrogens (tertiary/aromatic N) is 2. The summed E-state index contributed by atoms with van der Waals surface area (Å²) in [5, 5.41) is 13.3. The fourth-order valence-corrected chi connectivity index (χ4v) is 3.99. The average Bonchev–Trinajstić information content (AvgIpc) is 3.20. The molecule has 148 valence electrons. The van der Waals surface area contributed by atoms with Crippen LogP contribution in [0.4, 0.5) is 0 Å². The van der Waals surface area contributed by atoms with Crippen LogP contribution in [0.25, 0.3) is 0 Å². The number of hydrogen-bond donors (Lipinski definition) is 1. The lowest BCUT2D eigenvalue weighted by Crippen LogP contribution is -2.34. The Bertz CT molecular complexity index is 912. The van der Waals surface area contributed by atoms with Crippen molar-refractivity contribution in [1.29, 1.82) is 0 Å². The van der Waals surface area contributed by atoms with Gasteiger partial charge in [0.2, 0.25) is 12.5 Å². The molecule has 2 aromatic rings. The van der Waals surface area contributed by atoms with Crippen molar-refractivity contribution < 1.29 is 24.2 Å². The molecule has 2 aromatic carbocycles. The van der Waals surface area contributed by atoms with Crippen molar-refractivity contribution in [3.63, 3.8) is 0 Å². The zero-order valence-electron chi connectivity index (χ0n) is 16.3. The van der Waals surface area contributed by atoms with E-state index in [0.717, 1.165) is 35.6 Å². The van der Waals surface area contributed by atoms with Crippen LogP contribution in [0.15, 0.2) is 35.5 Å². The third kappa shape index (κ3) is 3.11. The molecule has 0 fully saturated rings. The minimum Gasteiger partial charge on any atom is -0.497 e. The highest BCUT2D eigenvalue weighted by Crippen LogP contribution is 2.50. The molecule has 28 heavy (non-hydrogen) atoms. The lowest BCUT2D eigenvalue weighted by Gasteiger charge is -2.36. The second kappa shape index (κ2) is 7.59. The van der Waals surface area contributed by atoms with Gasteiger partial charge in [0.05, 0.1) is 19.9 Å². The largest absolute Gasteiger partial charge is 0.497 e. The molecule has 0 aromatic heterocycles. The number of rotatable bonds is 5. The van der Waals surface area contributed by atoms with E-state index in [2.05, 4.69) is 17.1 Å². The van der Waals surface area contributed by atoms with Gasteiger partial charge in [-0.25, -0.2) is 0 Å². The Hall–Kier alpha value is -2.93. The molecule has 2 aliphatic rings. The van der Waals surface area contributed by atoms with Crippen LogP contribution in [0, 0.1) is 0 Å². The molecule has 0 saturated heterocycles. The second-order valence-electron chi connectivity index (χ2n) is 6.95. The summed E-state index contributed by atoms with van der Waals surface area (Å²) in [6.07, 6.45) is 1.41. The second-order valence-corrected chi connectivity index (χ2v) is 6.95. The van der Waals surface area contributed by atoms with Crippen molar-refractivity contribution in [3.8, 4) is 23.0 Å². The fraction of sp³-hybridized carbons (Fsp3) is 0.381. The van der Waals surface area contributed by atoms with Crippen LogP contribution in [-0.4, -0.2) is 50.4 Å². The Kier molecular flexibility index (Phi) is 5.00. The third-order valence-corrected chi connectivity index (χ3v) is 5.46. The highest BCUT2D eigenvalue weighted by Gasteiger charge is 2.34. The highest BCUT2D eigenvalue weighted by molar-refractivity contribution is 6.01.